The molecule has 1 saturated heterocycles. The van der Waals surface area contributed by atoms with Gasteiger partial charge in [-0.3, -0.25) is 0 Å². The zero-order chi connectivity index (χ0) is 18.7. The van der Waals surface area contributed by atoms with E-state index in [1.54, 1.807) is 12.1 Å². The van der Waals surface area contributed by atoms with Crippen molar-refractivity contribution >= 4 is 57.9 Å². The third kappa shape index (κ3) is 4.20. The maximum atomic E-state index is 11.0. The second-order valence-corrected chi connectivity index (χ2v) is 7.06. The first-order valence-corrected chi connectivity index (χ1v) is 9.20. The molecule has 0 saturated carbocycles. The zero-order valence-electron chi connectivity index (χ0n) is 13.8. The summed E-state index contributed by atoms with van der Waals surface area (Å²) in [5, 5.41) is 13.7. The van der Waals surface area contributed by atoms with Crippen LogP contribution in [0.2, 0.25) is 10.0 Å². The van der Waals surface area contributed by atoms with Gasteiger partial charge in [0.15, 0.2) is 5.11 Å². The van der Waals surface area contributed by atoms with E-state index in [4.69, 9.17) is 40.5 Å². The van der Waals surface area contributed by atoms with Crippen LogP contribution in [-0.2, 0) is 0 Å². The number of hydrogen-bond acceptors (Lipinski definition) is 3. The van der Waals surface area contributed by atoms with E-state index in [2.05, 4.69) is 15.1 Å². The van der Waals surface area contributed by atoms with Gasteiger partial charge in [0.1, 0.15) is 0 Å². The highest BCUT2D eigenvalue weighted by atomic mass is 35.5. The van der Waals surface area contributed by atoms with Crippen LogP contribution in [0.15, 0.2) is 42.5 Å². The smallest absolute Gasteiger partial charge is 0.337 e. The molecule has 2 N–H and O–H groups in total. The van der Waals surface area contributed by atoms with Crippen molar-refractivity contribution in [1.29, 1.82) is 0 Å². The number of nitrogens with one attached hydrogen (secondary N) is 1. The fourth-order valence-electron chi connectivity index (χ4n) is 2.83. The number of thiocarbonyl (C=S) groups is 1. The highest BCUT2D eigenvalue weighted by Gasteiger charge is 2.20. The predicted molar refractivity (Wildman–Crippen MR) is 110 cm³/mol. The van der Waals surface area contributed by atoms with Crippen LogP contribution >= 0.6 is 35.4 Å². The van der Waals surface area contributed by atoms with Crippen LogP contribution in [-0.4, -0.2) is 47.3 Å². The highest BCUT2D eigenvalue weighted by molar-refractivity contribution is 7.80. The van der Waals surface area contributed by atoms with Gasteiger partial charge in [0.05, 0.1) is 21.3 Å². The van der Waals surface area contributed by atoms with Crippen molar-refractivity contribution in [1.82, 2.24) is 4.90 Å². The Balaban J connectivity index is 1.60. The van der Waals surface area contributed by atoms with Gasteiger partial charge in [-0.1, -0.05) is 35.3 Å². The molecule has 136 valence electrons. The van der Waals surface area contributed by atoms with E-state index >= 15 is 0 Å². The number of carbonyl (C=O) groups is 1. The minimum absolute atomic E-state index is 0.0662. The van der Waals surface area contributed by atoms with E-state index in [0.29, 0.717) is 10.8 Å². The lowest BCUT2D eigenvalue weighted by molar-refractivity contribution is 0.0697. The molecular formula is C18H17Cl2N3O2S. The van der Waals surface area contributed by atoms with Gasteiger partial charge in [-0.05, 0) is 42.5 Å². The molecule has 0 aromatic heterocycles. The maximum Gasteiger partial charge on any atom is 0.337 e. The zero-order valence-corrected chi connectivity index (χ0v) is 16.1. The number of hydrogen-bond donors (Lipinski definition) is 2. The van der Waals surface area contributed by atoms with Crippen LogP contribution in [0.25, 0.3) is 0 Å². The summed E-state index contributed by atoms with van der Waals surface area (Å²) < 4.78 is 0. The number of nitrogens with zero attached hydrogens (tertiary/aromatic N) is 2. The summed E-state index contributed by atoms with van der Waals surface area (Å²) >= 11 is 17.7. The van der Waals surface area contributed by atoms with E-state index < -0.39 is 5.97 Å². The van der Waals surface area contributed by atoms with Crippen molar-refractivity contribution in [3.05, 3.63) is 58.1 Å². The number of halogens is 2. The Morgan fingerprint density at radius 3 is 2.35 bits per heavy atom. The third-order valence-corrected chi connectivity index (χ3v) is 5.20. The Morgan fingerprint density at radius 1 is 1.04 bits per heavy atom. The van der Waals surface area contributed by atoms with Gasteiger partial charge in [-0.15, -0.1) is 0 Å². The van der Waals surface area contributed by atoms with E-state index in [1.165, 1.54) is 6.07 Å². The Bertz CT molecular complexity index is 839. The molecule has 0 amide bonds. The summed E-state index contributed by atoms with van der Waals surface area (Å²) in [5.74, 6) is -1.06. The molecular weight excluding hydrogens is 393 g/mol. The molecule has 26 heavy (non-hydrogen) atoms. The average Bonchev–Trinajstić information content (AvgIpc) is 2.62. The van der Waals surface area contributed by atoms with E-state index in [1.807, 2.05) is 24.3 Å². The van der Waals surface area contributed by atoms with Gasteiger partial charge in [-0.25, -0.2) is 4.79 Å². The van der Waals surface area contributed by atoms with Gasteiger partial charge in [0.2, 0.25) is 0 Å². The fourth-order valence-corrected chi connectivity index (χ4v) is 3.64. The average molecular weight is 410 g/mol. The highest BCUT2D eigenvalue weighted by Crippen LogP contribution is 2.26. The molecule has 0 radical (unpaired) electrons. The second kappa shape index (κ2) is 8.12. The lowest BCUT2D eigenvalue weighted by Gasteiger charge is -2.37. The number of aromatic carboxylic acids is 1. The molecule has 0 bridgehead atoms. The lowest BCUT2D eigenvalue weighted by Crippen LogP contribution is -2.50. The Kier molecular flexibility index (Phi) is 5.86. The number of carboxylic acids is 1. The normalized spacial score (nSPS) is 14.2. The summed E-state index contributed by atoms with van der Waals surface area (Å²) in [6.07, 6.45) is 0. The summed E-state index contributed by atoms with van der Waals surface area (Å²) in [4.78, 5) is 15.3. The molecule has 8 heteroatoms. The lowest BCUT2D eigenvalue weighted by atomic mass is 10.2. The number of piperazine rings is 1. The van der Waals surface area contributed by atoms with Crippen LogP contribution in [0.5, 0.6) is 0 Å². The van der Waals surface area contributed by atoms with Crippen molar-refractivity contribution in [2.24, 2.45) is 0 Å². The molecule has 0 unspecified atom stereocenters. The summed E-state index contributed by atoms with van der Waals surface area (Å²) in [6, 6.07) is 12.5. The Hall–Kier alpha value is -2.02. The molecule has 1 heterocycles. The van der Waals surface area contributed by atoms with Gasteiger partial charge in [0.25, 0.3) is 0 Å². The molecule has 0 spiro atoms. The van der Waals surface area contributed by atoms with E-state index in [9.17, 15) is 4.79 Å². The van der Waals surface area contributed by atoms with Crippen LogP contribution in [0.3, 0.4) is 0 Å². The fraction of sp³-hybridized carbons (Fsp3) is 0.222. The van der Waals surface area contributed by atoms with Crippen molar-refractivity contribution in [3.63, 3.8) is 0 Å². The van der Waals surface area contributed by atoms with Gasteiger partial charge in [-0.2, -0.15) is 0 Å². The molecule has 1 aliphatic heterocycles. The molecule has 2 aromatic carbocycles. The molecule has 0 atom stereocenters. The molecule has 1 aliphatic rings. The van der Waals surface area contributed by atoms with Crippen molar-refractivity contribution in [3.8, 4) is 0 Å². The quantitative estimate of drug-likeness (QED) is 0.740. The SMILES string of the molecule is O=C(O)c1ccc(NC(=S)N2CCN(c3ccccc3Cl)CC2)cc1Cl. The summed E-state index contributed by atoms with van der Waals surface area (Å²) in [7, 11) is 0. The van der Waals surface area contributed by atoms with Gasteiger partial charge >= 0.3 is 5.97 Å². The monoisotopic (exact) mass is 409 g/mol. The van der Waals surface area contributed by atoms with Crippen molar-refractivity contribution in [2.75, 3.05) is 36.4 Å². The minimum atomic E-state index is -1.06. The van der Waals surface area contributed by atoms with Crippen LogP contribution in [0.4, 0.5) is 11.4 Å². The Labute approximate surface area is 167 Å². The molecule has 3 rings (SSSR count). The first kappa shape index (κ1) is 18.8. The van der Waals surface area contributed by atoms with Crippen LogP contribution in [0.1, 0.15) is 10.4 Å². The van der Waals surface area contributed by atoms with Crippen LogP contribution in [0, 0.1) is 0 Å². The number of carboxylic acid groups (broad SMARTS) is 1. The minimum Gasteiger partial charge on any atom is -0.478 e. The molecule has 0 aliphatic carbocycles. The number of rotatable bonds is 3. The van der Waals surface area contributed by atoms with E-state index in [0.717, 1.165) is 36.9 Å². The standard InChI is InChI=1S/C18H17Cl2N3O2S/c19-14-3-1-2-4-16(14)22-7-9-23(10-8-22)18(26)21-12-5-6-13(17(24)25)15(20)11-12/h1-6,11H,7-10H2,(H,21,26)(H,24,25). The van der Waals surface area contributed by atoms with Gasteiger partial charge < -0.3 is 20.2 Å². The van der Waals surface area contributed by atoms with Crippen molar-refractivity contribution < 1.29 is 9.90 Å². The molecule has 2 aromatic rings. The predicted octanol–water partition coefficient (Wildman–Crippen LogP) is 4.21. The third-order valence-electron chi connectivity index (χ3n) is 4.21. The summed E-state index contributed by atoms with van der Waals surface area (Å²) in [5.41, 5.74) is 1.76. The molecule has 1 fully saturated rings. The maximum absolute atomic E-state index is 11.0. The Morgan fingerprint density at radius 2 is 1.73 bits per heavy atom. The van der Waals surface area contributed by atoms with Crippen LogP contribution < -0.4 is 10.2 Å². The number of para-hydroxylation sites is 1. The molecule has 5 nitrogen and oxygen atoms in total. The number of anilines is 2. The largest absolute Gasteiger partial charge is 0.478 e. The number of benzene rings is 2. The van der Waals surface area contributed by atoms with Crippen molar-refractivity contribution in [2.45, 2.75) is 0 Å². The van der Waals surface area contributed by atoms with Gasteiger partial charge in [0, 0.05) is 31.9 Å². The first-order valence-electron chi connectivity index (χ1n) is 8.04. The van der Waals surface area contributed by atoms with E-state index in [-0.39, 0.29) is 10.6 Å². The topological polar surface area (TPSA) is 55.8 Å². The second-order valence-electron chi connectivity index (χ2n) is 5.86. The first-order chi connectivity index (χ1) is 12.5. The summed E-state index contributed by atoms with van der Waals surface area (Å²) in [6.45, 7) is 3.14.